The Kier molecular flexibility index (Phi) is 3.26. The minimum absolute atomic E-state index is 0.124. The molecule has 1 aromatic carbocycles. The van der Waals surface area contributed by atoms with Crippen molar-refractivity contribution in [2.45, 2.75) is 0 Å². The largest absolute Gasteiger partial charge is 0.497 e. The maximum absolute atomic E-state index is 9.12. The fraction of sp³-hybridized carbons (Fsp3) is 0.0833. The van der Waals surface area contributed by atoms with Gasteiger partial charge in [-0.15, -0.1) is 0 Å². The molecule has 0 radical (unpaired) electrons. The van der Waals surface area contributed by atoms with Crippen molar-refractivity contribution < 1.29 is 4.74 Å². The molecule has 0 aliphatic heterocycles. The van der Waals surface area contributed by atoms with Crippen LogP contribution >= 0.6 is 12.2 Å². The number of anilines is 1. The summed E-state index contributed by atoms with van der Waals surface area (Å²) in [7, 11) is 1.58. The monoisotopic (exact) mass is 258 g/mol. The second-order valence-electron chi connectivity index (χ2n) is 3.52. The number of nitrogens with zero attached hydrogens (tertiary/aromatic N) is 2. The molecule has 5 nitrogen and oxygen atoms in total. The average Bonchev–Trinajstić information content (AvgIpc) is 2.38. The van der Waals surface area contributed by atoms with Gasteiger partial charge in [0.05, 0.1) is 12.8 Å². The molecule has 0 unspecified atom stereocenters. The Morgan fingerprint density at radius 2 is 2.28 bits per heavy atom. The molecule has 3 N–H and O–H groups in total. The lowest BCUT2D eigenvalue weighted by Crippen LogP contribution is -2.01. The van der Waals surface area contributed by atoms with Crippen molar-refractivity contribution in [3.8, 4) is 23.1 Å². The molecule has 6 heteroatoms. The van der Waals surface area contributed by atoms with E-state index in [1.807, 2.05) is 24.3 Å². The van der Waals surface area contributed by atoms with Crippen molar-refractivity contribution in [2.24, 2.45) is 0 Å². The van der Waals surface area contributed by atoms with E-state index >= 15 is 0 Å². The first-order valence-corrected chi connectivity index (χ1v) is 5.51. The molecule has 2 aromatic rings. The number of rotatable bonds is 2. The van der Waals surface area contributed by atoms with Crippen LogP contribution in [0.15, 0.2) is 24.3 Å². The molecule has 0 saturated heterocycles. The fourth-order valence-corrected chi connectivity index (χ4v) is 1.80. The van der Waals surface area contributed by atoms with Crippen molar-refractivity contribution in [1.82, 2.24) is 9.97 Å². The molecule has 0 atom stereocenters. The van der Waals surface area contributed by atoms with Crippen LogP contribution in [0.3, 0.4) is 0 Å². The van der Waals surface area contributed by atoms with Gasteiger partial charge in [0.1, 0.15) is 23.2 Å². The van der Waals surface area contributed by atoms with Crippen LogP contribution in [0, 0.1) is 16.1 Å². The maximum Gasteiger partial charge on any atom is 0.199 e. The first-order chi connectivity index (χ1) is 8.65. The number of ether oxygens (including phenoxy) is 1. The van der Waals surface area contributed by atoms with E-state index < -0.39 is 0 Å². The van der Waals surface area contributed by atoms with Gasteiger partial charge >= 0.3 is 0 Å². The molecular weight excluding hydrogens is 248 g/mol. The topological polar surface area (TPSA) is 87.7 Å². The van der Waals surface area contributed by atoms with Crippen molar-refractivity contribution in [3.05, 3.63) is 34.6 Å². The van der Waals surface area contributed by atoms with E-state index in [0.29, 0.717) is 11.4 Å². The van der Waals surface area contributed by atoms with E-state index in [0.717, 1.165) is 5.56 Å². The second kappa shape index (κ2) is 4.85. The summed E-state index contributed by atoms with van der Waals surface area (Å²) in [6.45, 7) is 0. The lowest BCUT2D eigenvalue weighted by atomic mass is 10.1. The highest BCUT2D eigenvalue weighted by Crippen LogP contribution is 2.26. The van der Waals surface area contributed by atoms with Crippen LogP contribution in [0.2, 0.25) is 0 Å². The molecule has 1 aromatic heterocycles. The molecular formula is C12H10N4OS. The van der Waals surface area contributed by atoms with Crippen LogP contribution in [0.5, 0.6) is 5.75 Å². The molecule has 0 aliphatic rings. The number of nitriles is 1. The second-order valence-corrected chi connectivity index (χ2v) is 3.91. The standard InChI is InChI=1S/C12H10N4OS/c1-17-8-4-2-3-7(5-8)10-9(6-13)11(14)16-12(18)15-10/h2-5H,1H3,(H3,14,15,16,18). The Labute approximate surface area is 109 Å². The number of hydrogen-bond acceptors (Lipinski definition) is 5. The zero-order chi connectivity index (χ0) is 13.1. The Morgan fingerprint density at radius 1 is 1.50 bits per heavy atom. The molecule has 1 heterocycles. The Morgan fingerprint density at radius 3 is 2.94 bits per heavy atom. The predicted octanol–water partition coefficient (Wildman–Crippen LogP) is 2.27. The summed E-state index contributed by atoms with van der Waals surface area (Å²) in [4.78, 5) is 6.74. The van der Waals surface area contributed by atoms with E-state index in [1.54, 1.807) is 13.2 Å². The van der Waals surface area contributed by atoms with Crippen LogP contribution in [-0.2, 0) is 0 Å². The number of aromatic amines is 1. The molecule has 0 aliphatic carbocycles. The molecule has 0 bridgehead atoms. The third-order valence-corrected chi connectivity index (χ3v) is 2.62. The van der Waals surface area contributed by atoms with E-state index in [-0.39, 0.29) is 16.2 Å². The van der Waals surface area contributed by atoms with Crippen molar-refractivity contribution in [3.63, 3.8) is 0 Å². The summed E-state index contributed by atoms with van der Waals surface area (Å²) < 4.78 is 5.38. The number of hydrogen-bond donors (Lipinski definition) is 2. The summed E-state index contributed by atoms with van der Waals surface area (Å²) in [5, 5.41) is 9.12. The van der Waals surface area contributed by atoms with Crippen molar-refractivity contribution >= 4 is 18.0 Å². The van der Waals surface area contributed by atoms with E-state index in [4.69, 9.17) is 28.0 Å². The third kappa shape index (κ3) is 2.17. The Hall–Kier alpha value is -2.39. The Balaban J connectivity index is 2.70. The van der Waals surface area contributed by atoms with Gasteiger partial charge < -0.3 is 15.5 Å². The first-order valence-electron chi connectivity index (χ1n) is 5.10. The van der Waals surface area contributed by atoms with E-state index in [2.05, 4.69) is 9.97 Å². The van der Waals surface area contributed by atoms with Gasteiger partial charge in [-0.1, -0.05) is 12.1 Å². The average molecular weight is 258 g/mol. The fourth-order valence-electron chi connectivity index (χ4n) is 1.60. The summed E-state index contributed by atoms with van der Waals surface area (Å²) in [5.41, 5.74) is 7.28. The van der Waals surface area contributed by atoms with Crippen LogP contribution < -0.4 is 10.5 Å². The summed E-state index contributed by atoms with van der Waals surface area (Å²) >= 11 is 4.97. The highest BCUT2D eigenvalue weighted by Gasteiger charge is 2.11. The van der Waals surface area contributed by atoms with Crippen LogP contribution in [-0.4, -0.2) is 17.1 Å². The van der Waals surface area contributed by atoms with Crippen molar-refractivity contribution in [2.75, 3.05) is 12.8 Å². The van der Waals surface area contributed by atoms with Gasteiger partial charge in [0.2, 0.25) is 0 Å². The molecule has 0 spiro atoms. The number of benzene rings is 1. The quantitative estimate of drug-likeness (QED) is 0.807. The molecule has 2 rings (SSSR count). The number of H-pyrrole nitrogens is 1. The minimum atomic E-state index is 0.124. The van der Waals surface area contributed by atoms with Crippen LogP contribution in [0.1, 0.15) is 5.56 Å². The highest BCUT2D eigenvalue weighted by atomic mass is 32.1. The van der Waals surface area contributed by atoms with Gasteiger partial charge in [0, 0.05) is 5.56 Å². The molecule has 90 valence electrons. The number of methoxy groups -OCH3 is 1. The zero-order valence-corrected chi connectivity index (χ0v) is 10.4. The zero-order valence-electron chi connectivity index (χ0n) is 9.60. The van der Waals surface area contributed by atoms with Gasteiger partial charge in [-0.05, 0) is 24.4 Å². The SMILES string of the molecule is COc1cccc(-c2[nH]c(=S)nc(N)c2C#N)c1. The smallest absolute Gasteiger partial charge is 0.199 e. The highest BCUT2D eigenvalue weighted by molar-refractivity contribution is 7.71. The van der Waals surface area contributed by atoms with Gasteiger partial charge in [-0.2, -0.15) is 5.26 Å². The normalized spacial score (nSPS) is 9.78. The van der Waals surface area contributed by atoms with Crippen molar-refractivity contribution in [1.29, 1.82) is 5.26 Å². The number of nitrogens with two attached hydrogens (primary N) is 1. The Bertz CT molecular complexity index is 687. The molecule has 0 fully saturated rings. The number of aromatic nitrogens is 2. The van der Waals surface area contributed by atoms with Gasteiger partial charge in [0.25, 0.3) is 0 Å². The third-order valence-electron chi connectivity index (χ3n) is 2.43. The van der Waals surface area contributed by atoms with Crippen LogP contribution in [0.4, 0.5) is 5.82 Å². The number of nitrogens with one attached hydrogen (secondary N) is 1. The lowest BCUT2D eigenvalue weighted by Gasteiger charge is -2.07. The van der Waals surface area contributed by atoms with Gasteiger partial charge in [-0.3, -0.25) is 0 Å². The molecule has 0 amide bonds. The number of nitrogen functional groups attached to an aromatic ring is 1. The van der Waals surface area contributed by atoms with Crippen LogP contribution in [0.25, 0.3) is 11.3 Å². The predicted molar refractivity (Wildman–Crippen MR) is 70.5 cm³/mol. The summed E-state index contributed by atoms with van der Waals surface area (Å²) in [6, 6.07) is 9.29. The summed E-state index contributed by atoms with van der Waals surface area (Å²) in [5.74, 6) is 0.810. The maximum atomic E-state index is 9.12. The first kappa shape index (κ1) is 12.1. The molecule has 0 saturated carbocycles. The van der Waals surface area contributed by atoms with E-state index in [9.17, 15) is 0 Å². The molecule has 18 heavy (non-hydrogen) atoms. The van der Waals surface area contributed by atoms with Gasteiger partial charge in [0.15, 0.2) is 4.77 Å². The van der Waals surface area contributed by atoms with E-state index in [1.165, 1.54) is 0 Å². The lowest BCUT2D eigenvalue weighted by molar-refractivity contribution is 0.415. The summed E-state index contributed by atoms with van der Waals surface area (Å²) in [6.07, 6.45) is 0. The van der Waals surface area contributed by atoms with Gasteiger partial charge in [-0.25, -0.2) is 4.98 Å². The minimum Gasteiger partial charge on any atom is -0.497 e.